The van der Waals surface area contributed by atoms with Crippen molar-refractivity contribution in [3.63, 3.8) is 0 Å². The summed E-state index contributed by atoms with van der Waals surface area (Å²) in [4.78, 5) is 0. The Bertz CT molecular complexity index is 382. The van der Waals surface area contributed by atoms with Gasteiger partial charge >= 0.3 is 0 Å². The van der Waals surface area contributed by atoms with Crippen molar-refractivity contribution in [2.24, 2.45) is 11.7 Å². The van der Waals surface area contributed by atoms with Crippen molar-refractivity contribution in [1.82, 2.24) is 0 Å². The van der Waals surface area contributed by atoms with Gasteiger partial charge in [0.1, 0.15) is 11.5 Å². The van der Waals surface area contributed by atoms with Gasteiger partial charge < -0.3 is 20.7 Å². The van der Waals surface area contributed by atoms with Crippen LogP contribution in [0.15, 0.2) is 18.2 Å². The second-order valence-corrected chi connectivity index (χ2v) is 4.28. The first-order valence-corrected chi connectivity index (χ1v) is 5.44. The quantitative estimate of drug-likeness (QED) is 0.768. The number of rotatable bonds is 4. The molecule has 96 valence electrons. The molecule has 0 saturated heterocycles. The minimum Gasteiger partial charge on any atom is -0.507 e. The predicted molar refractivity (Wildman–Crippen MR) is 67.6 cm³/mol. The summed E-state index contributed by atoms with van der Waals surface area (Å²) < 4.78 is 4.99. The Kier molecular flexibility index (Phi) is 4.62. The predicted octanol–water partition coefficient (Wildman–Crippen LogP) is 1.59. The Balaban J connectivity index is 0.00000144. The summed E-state index contributed by atoms with van der Waals surface area (Å²) in [5, 5.41) is 19.7. The molecule has 0 aromatic heterocycles. The highest BCUT2D eigenvalue weighted by Crippen LogP contribution is 2.39. The molecule has 1 aliphatic carbocycles. The van der Waals surface area contributed by atoms with E-state index in [1.807, 2.05) is 0 Å². The van der Waals surface area contributed by atoms with Crippen molar-refractivity contribution in [2.45, 2.75) is 25.0 Å². The Labute approximate surface area is 107 Å². The number of nitrogens with two attached hydrogens (primary N) is 1. The van der Waals surface area contributed by atoms with Crippen LogP contribution in [0.2, 0.25) is 0 Å². The monoisotopic (exact) mass is 259 g/mol. The van der Waals surface area contributed by atoms with Gasteiger partial charge in [-0.05, 0) is 30.9 Å². The number of methoxy groups -OCH3 is 1. The smallest absolute Gasteiger partial charge is 0.124 e. The van der Waals surface area contributed by atoms with E-state index in [4.69, 9.17) is 10.5 Å². The summed E-state index contributed by atoms with van der Waals surface area (Å²) >= 11 is 0. The lowest BCUT2D eigenvalue weighted by Gasteiger charge is -2.20. The average Bonchev–Trinajstić information content (AvgIpc) is 3.10. The molecule has 1 aromatic carbocycles. The molecule has 17 heavy (non-hydrogen) atoms. The van der Waals surface area contributed by atoms with Crippen molar-refractivity contribution in [2.75, 3.05) is 7.11 Å². The molecule has 0 bridgehead atoms. The Morgan fingerprint density at radius 2 is 2.06 bits per heavy atom. The zero-order valence-electron chi connectivity index (χ0n) is 9.67. The van der Waals surface area contributed by atoms with Crippen LogP contribution in [0.1, 0.15) is 24.4 Å². The fourth-order valence-corrected chi connectivity index (χ4v) is 1.85. The first-order valence-electron chi connectivity index (χ1n) is 5.44. The molecule has 1 fully saturated rings. The van der Waals surface area contributed by atoms with E-state index >= 15 is 0 Å². The first kappa shape index (κ1) is 14.1. The third kappa shape index (κ3) is 3.03. The molecule has 0 radical (unpaired) electrons. The first-order chi connectivity index (χ1) is 7.63. The van der Waals surface area contributed by atoms with Crippen LogP contribution in [-0.2, 0) is 0 Å². The van der Waals surface area contributed by atoms with E-state index in [0.717, 1.165) is 12.8 Å². The van der Waals surface area contributed by atoms with Crippen LogP contribution in [0, 0.1) is 5.92 Å². The molecule has 0 amide bonds. The molecule has 0 aliphatic heterocycles. The number of benzene rings is 1. The standard InChI is InChI=1S/C12H17NO3.ClH/c1-16-8-4-5-9(10(14)6-8)11(13)12(15)7-2-3-7;/h4-7,11-12,14-15H,2-3,13H2,1H3;1H/t11-,12+;/m0./s1. The topological polar surface area (TPSA) is 75.7 Å². The zero-order valence-corrected chi connectivity index (χ0v) is 10.5. The molecule has 0 unspecified atom stereocenters. The van der Waals surface area contributed by atoms with E-state index in [-0.39, 0.29) is 24.1 Å². The maximum atomic E-state index is 9.89. The van der Waals surface area contributed by atoms with Gasteiger partial charge in [0.05, 0.1) is 19.3 Å². The highest BCUT2D eigenvalue weighted by atomic mass is 35.5. The van der Waals surface area contributed by atoms with Crippen molar-refractivity contribution >= 4 is 12.4 Å². The molecule has 1 aromatic rings. The fourth-order valence-electron chi connectivity index (χ4n) is 1.85. The minimum absolute atomic E-state index is 0. The molecular weight excluding hydrogens is 242 g/mol. The van der Waals surface area contributed by atoms with Crippen molar-refractivity contribution < 1.29 is 14.9 Å². The third-order valence-corrected chi connectivity index (χ3v) is 3.07. The number of aliphatic hydroxyl groups is 1. The van der Waals surface area contributed by atoms with Crippen LogP contribution >= 0.6 is 12.4 Å². The maximum Gasteiger partial charge on any atom is 0.124 e. The lowest BCUT2D eigenvalue weighted by atomic mass is 9.98. The molecule has 4 nitrogen and oxygen atoms in total. The third-order valence-electron chi connectivity index (χ3n) is 3.07. The summed E-state index contributed by atoms with van der Waals surface area (Å²) in [6, 6.07) is 4.41. The Morgan fingerprint density at radius 3 is 2.53 bits per heavy atom. The summed E-state index contributed by atoms with van der Waals surface area (Å²) in [7, 11) is 1.54. The molecule has 0 heterocycles. The van der Waals surface area contributed by atoms with Crippen molar-refractivity contribution in [1.29, 1.82) is 0 Å². The molecule has 2 atom stereocenters. The number of hydrogen-bond donors (Lipinski definition) is 3. The highest BCUT2D eigenvalue weighted by molar-refractivity contribution is 5.85. The van der Waals surface area contributed by atoms with Gasteiger partial charge in [-0.15, -0.1) is 12.4 Å². The molecule has 0 spiro atoms. The van der Waals surface area contributed by atoms with Gasteiger partial charge in [-0.25, -0.2) is 0 Å². The highest BCUT2D eigenvalue weighted by Gasteiger charge is 2.35. The van der Waals surface area contributed by atoms with Crippen LogP contribution in [0.25, 0.3) is 0 Å². The fraction of sp³-hybridized carbons (Fsp3) is 0.500. The molecule has 1 aliphatic rings. The van der Waals surface area contributed by atoms with Gasteiger partial charge in [0.15, 0.2) is 0 Å². The minimum atomic E-state index is -0.570. The van der Waals surface area contributed by atoms with Crippen molar-refractivity contribution in [3.05, 3.63) is 23.8 Å². The van der Waals surface area contributed by atoms with Gasteiger partial charge in [-0.1, -0.05) is 0 Å². The van der Waals surface area contributed by atoms with E-state index in [0.29, 0.717) is 11.3 Å². The van der Waals surface area contributed by atoms with Gasteiger partial charge in [0.2, 0.25) is 0 Å². The average molecular weight is 260 g/mol. The van der Waals surface area contributed by atoms with Crippen LogP contribution in [0.5, 0.6) is 11.5 Å². The second kappa shape index (κ2) is 5.58. The molecule has 1 saturated carbocycles. The van der Waals surface area contributed by atoms with Crippen LogP contribution in [0.4, 0.5) is 0 Å². The molecular formula is C12H18ClNO3. The second-order valence-electron chi connectivity index (χ2n) is 4.28. The van der Waals surface area contributed by atoms with Crippen LogP contribution in [-0.4, -0.2) is 23.4 Å². The Morgan fingerprint density at radius 1 is 1.41 bits per heavy atom. The van der Waals surface area contributed by atoms with E-state index < -0.39 is 12.1 Å². The van der Waals surface area contributed by atoms with E-state index in [9.17, 15) is 10.2 Å². The SMILES string of the molecule is COc1ccc([C@H](N)[C@H](O)C2CC2)c(O)c1.Cl. The number of aromatic hydroxyl groups is 1. The zero-order chi connectivity index (χ0) is 11.7. The number of hydrogen-bond acceptors (Lipinski definition) is 4. The number of phenols is 1. The maximum absolute atomic E-state index is 9.89. The van der Waals surface area contributed by atoms with Gasteiger partial charge in [-0.2, -0.15) is 0 Å². The summed E-state index contributed by atoms with van der Waals surface area (Å²) in [5.41, 5.74) is 6.49. The van der Waals surface area contributed by atoms with Gasteiger partial charge in [0, 0.05) is 11.6 Å². The normalized spacial score (nSPS) is 18.1. The molecule has 5 heteroatoms. The lowest BCUT2D eigenvalue weighted by molar-refractivity contribution is 0.121. The van der Waals surface area contributed by atoms with Crippen molar-refractivity contribution in [3.8, 4) is 11.5 Å². The van der Waals surface area contributed by atoms with Gasteiger partial charge in [-0.3, -0.25) is 0 Å². The van der Waals surface area contributed by atoms with E-state index in [1.165, 1.54) is 13.2 Å². The summed E-state index contributed by atoms with van der Waals surface area (Å²) in [6.07, 6.45) is 1.47. The number of aliphatic hydroxyl groups excluding tert-OH is 1. The molecule has 4 N–H and O–H groups in total. The van der Waals surface area contributed by atoms with Crippen LogP contribution < -0.4 is 10.5 Å². The summed E-state index contributed by atoms with van der Waals surface area (Å²) in [5.74, 6) is 0.942. The van der Waals surface area contributed by atoms with E-state index in [1.54, 1.807) is 12.1 Å². The molecule has 2 rings (SSSR count). The van der Waals surface area contributed by atoms with Gasteiger partial charge in [0.25, 0.3) is 0 Å². The Hall–Kier alpha value is -0.970. The van der Waals surface area contributed by atoms with Crippen LogP contribution in [0.3, 0.4) is 0 Å². The largest absolute Gasteiger partial charge is 0.507 e. The number of ether oxygens (including phenoxy) is 1. The number of halogens is 1. The van der Waals surface area contributed by atoms with E-state index in [2.05, 4.69) is 0 Å². The number of phenolic OH excluding ortho intramolecular Hbond substituents is 1. The lowest BCUT2D eigenvalue weighted by Crippen LogP contribution is -2.27. The summed E-state index contributed by atoms with van der Waals surface area (Å²) in [6.45, 7) is 0.